The van der Waals surface area contributed by atoms with Crippen molar-refractivity contribution in [2.24, 2.45) is 11.8 Å². The van der Waals surface area contributed by atoms with Crippen LogP contribution in [0.4, 0.5) is 5.69 Å². The third kappa shape index (κ3) is 6.82. The number of ether oxygens (including phenoxy) is 3. The van der Waals surface area contributed by atoms with E-state index in [-0.39, 0.29) is 11.8 Å². The number of halogens is 1. The minimum absolute atomic E-state index is 0.320. The molecule has 0 N–H and O–H groups in total. The predicted octanol–water partition coefficient (Wildman–Crippen LogP) is 5.37. The second kappa shape index (κ2) is 12.3. The third-order valence-corrected chi connectivity index (χ3v) is 8.18. The molecule has 6 nitrogen and oxygen atoms in total. The Morgan fingerprint density at radius 1 is 1.21 bits per heavy atom. The van der Waals surface area contributed by atoms with Crippen molar-refractivity contribution in [1.29, 1.82) is 0 Å². The van der Waals surface area contributed by atoms with Crippen LogP contribution in [-0.2, 0) is 19.0 Å². The molecule has 1 saturated heterocycles. The maximum atomic E-state index is 12.1. The van der Waals surface area contributed by atoms with E-state index in [0.717, 1.165) is 61.3 Å². The van der Waals surface area contributed by atoms with Crippen molar-refractivity contribution in [2.75, 3.05) is 32.3 Å². The summed E-state index contributed by atoms with van der Waals surface area (Å²) < 4.78 is 16.5. The molecule has 2 heterocycles. The number of hydrogen-bond acceptors (Lipinski definition) is 7. The standard InChI is InChI=1S/C17H20BrNO4S.C8H14O/c1-19(12-3-6-17(7-4-12)22-9-10-23-17)14-11-13(5-8-18)24-15(14)16(20)21-2;1-7-2-4-8(6-9)5-3-7/h11-12H,3-4,6-7,9-10H2,1-2H3;6-8H,2-5H2,1H3. The van der Waals surface area contributed by atoms with Crippen molar-refractivity contribution in [2.45, 2.75) is 70.1 Å². The van der Waals surface area contributed by atoms with Gasteiger partial charge in [-0.2, -0.15) is 0 Å². The molecular weight excluding hydrogens is 506 g/mol. The van der Waals surface area contributed by atoms with Gasteiger partial charge in [-0.1, -0.05) is 19.8 Å². The van der Waals surface area contributed by atoms with Crippen LogP contribution in [0.5, 0.6) is 0 Å². The van der Waals surface area contributed by atoms with Crippen LogP contribution in [0, 0.1) is 22.6 Å². The van der Waals surface area contributed by atoms with Gasteiger partial charge in [0.15, 0.2) is 5.79 Å². The first-order valence-corrected chi connectivity index (χ1v) is 13.3. The SMILES string of the molecule is CC1CCC(C=O)CC1.COC(=O)c1sc(C#CBr)cc1N(C)C1CCC2(CC1)OCCO2. The normalized spacial score (nSPS) is 24.2. The molecule has 0 bridgehead atoms. The van der Waals surface area contributed by atoms with Crippen LogP contribution in [0.1, 0.15) is 72.8 Å². The van der Waals surface area contributed by atoms with Crippen molar-refractivity contribution >= 4 is 45.2 Å². The average Bonchev–Trinajstić information content (AvgIpc) is 3.47. The lowest BCUT2D eigenvalue weighted by atomic mass is 9.84. The van der Waals surface area contributed by atoms with Gasteiger partial charge in [0, 0.05) is 47.8 Å². The second-order valence-corrected chi connectivity index (χ2v) is 10.6. The number of aldehydes is 1. The number of methoxy groups -OCH3 is 1. The van der Waals surface area contributed by atoms with Gasteiger partial charge in [-0.3, -0.25) is 0 Å². The van der Waals surface area contributed by atoms with Crippen LogP contribution in [0.2, 0.25) is 0 Å². The van der Waals surface area contributed by atoms with Gasteiger partial charge in [0.2, 0.25) is 0 Å². The first kappa shape index (κ1) is 26.2. The molecule has 1 spiro atoms. The number of esters is 1. The van der Waals surface area contributed by atoms with Crippen molar-refractivity contribution in [3.63, 3.8) is 0 Å². The summed E-state index contributed by atoms with van der Waals surface area (Å²) in [6.07, 6.45) is 9.58. The van der Waals surface area contributed by atoms with Gasteiger partial charge < -0.3 is 23.9 Å². The Balaban J connectivity index is 0.000000286. The van der Waals surface area contributed by atoms with E-state index in [1.165, 1.54) is 31.3 Å². The van der Waals surface area contributed by atoms with Gasteiger partial charge in [0.05, 0.1) is 30.9 Å². The monoisotopic (exact) mass is 539 g/mol. The summed E-state index contributed by atoms with van der Waals surface area (Å²) in [5, 5.41) is 0. The van der Waals surface area contributed by atoms with Crippen LogP contribution >= 0.6 is 27.3 Å². The fourth-order valence-electron chi connectivity index (χ4n) is 4.82. The highest BCUT2D eigenvalue weighted by molar-refractivity contribution is 9.12. The Morgan fingerprint density at radius 2 is 1.85 bits per heavy atom. The molecule has 1 aromatic rings. The molecule has 182 valence electrons. The lowest BCUT2D eigenvalue weighted by molar-refractivity contribution is -0.178. The summed E-state index contributed by atoms with van der Waals surface area (Å²) in [6, 6.07) is 2.30. The van der Waals surface area contributed by atoms with E-state index in [0.29, 0.717) is 30.1 Å². The van der Waals surface area contributed by atoms with Crippen molar-refractivity contribution in [3.8, 4) is 10.8 Å². The molecule has 1 aromatic heterocycles. The number of carbonyl (C=O) groups excluding carboxylic acids is 2. The molecule has 0 atom stereocenters. The molecule has 8 heteroatoms. The van der Waals surface area contributed by atoms with E-state index >= 15 is 0 Å². The summed E-state index contributed by atoms with van der Waals surface area (Å²) in [6.45, 7) is 3.64. The summed E-state index contributed by atoms with van der Waals surface area (Å²) in [4.78, 5) is 28.7. The van der Waals surface area contributed by atoms with Crippen LogP contribution in [0.15, 0.2) is 6.07 Å². The van der Waals surface area contributed by atoms with Crippen LogP contribution in [-0.4, -0.2) is 51.5 Å². The van der Waals surface area contributed by atoms with Crippen LogP contribution in [0.25, 0.3) is 0 Å². The van der Waals surface area contributed by atoms with Crippen LogP contribution in [0.3, 0.4) is 0 Å². The first-order chi connectivity index (χ1) is 15.9. The van der Waals surface area contributed by atoms with Crippen molar-refractivity contribution in [3.05, 3.63) is 15.8 Å². The van der Waals surface area contributed by atoms with Gasteiger partial charge in [0.25, 0.3) is 0 Å². The minimum atomic E-state index is -0.371. The van der Waals surface area contributed by atoms with Gasteiger partial charge in [-0.15, -0.1) is 11.3 Å². The average molecular weight is 541 g/mol. The van der Waals surface area contributed by atoms with Crippen LogP contribution < -0.4 is 4.90 Å². The molecule has 0 amide bonds. The molecule has 0 unspecified atom stereocenters. The molecule has 3 aliphatic rings. The number of rotatable bonds is 4. The number of nitrogens with zero attached hydrogens (tertiary/aromatic N) is 1. The summed E-state index contributed by atoms with van der Waals surface area (Å²) in [7, 11) is 3.43. The zero-order valence-corrected chi connectivity index (χ0v) is 22.1. The zero-order valence-electron chi connectivity index (χ0n) is 19.7. The Labute approximate surface area is 209 Å². The Morgan fingerprint density at radius 3 is 2.39 bits per heavy atom. The fraction of sp³-hybridized carbons (Fsp3) is 0.680. The van der Waals surface area contributed by atoms with E-state index in [9.17, 15) is 9.59 Å². The lowest BCUT2D eigenvalue weighted by Gasteiger charge is -2.39. The molecule has 3 fully saturated rings. The molecule has 33 heavy (non-hydrogen) atoms. The van der Waals surface area contributed by atoms with Crippen molar-refractivity contribution < 1.29 is 23.8 Å². The minimum Gasteiger partial charge on any atom is -0.465 e. The topological polar surface area (TPSA) is 65.1 Å². The molecule has 2 aliphatic carbocycles. The largest absolute Gasteiger partial charge is 0.465 e. The third-order valence-electron chi connectivity index (χ3n) is 6.96. The van der Waals surface area contributed by atoms with E-state index in [2.05, 4.69) is 38.5 Å². The number of anilines is 1. The number of carbonyl (C=O) groups is 2. The second-order valence-electron chi connectivity index (χ2n) is 9.14. The van der Waals surface area contributed by atoms with Crippen molar-refractivity contribution in [1.82, 2.24) is 0 Å². The zero-order chi connectivity index (χ0) is 23.8. The smallest absolute Gasteiger partial charge is 0.350 e. The molecule has 4 rings (SSSR count). The highest BCUT2D eigenvalue weighted by Crippen LogP contribution is 2.40. The molecule has 1 aliphatic heterocycles. The maximum Gasteiger partial charge on any atom is 0.350 e. The lowest BCUT2D eigenvalue weighted by Crippen LogP contribution is -2.43. The van der Waals surface area contributed by atoms with E-state index < -0.39 is 0 Å². The predicted molar refractivity (Wildman–Crippen MR) is 134 cm³/mol. The van der Waals surface area contributed by atoms with Gasteiger partial charge >= 0.3 is 5.97 Å². The number of thiophene rings is 1. The molecule has 0 radical (unpaired) electrons. The number of hydrogen-bond donors (Lipinski definition) is 0. The Kier molecular flexibility index (Phi) is 9.81. The molecule has 0 aromatic carbocycles. The molecular formula is C25H34BrNO5S. The highest BCUT2D eigenvalue weighted by Gasteiger charge is 2.41. The summed E-state index contributed by atoms with van der Waals surface area (Å²) >= 11 is 4.47. The highest BCUT2D eigenvalue weighted by atomic mass is 79.9. The quantitative estimate of drug-likeness (QED) is 0.291. The fourth-order valence-corrected chi connectivity index (χ4v) is 6.14. The Hall–Kier alpha value is -1.40. The summed E-state index contributed by atoms with van der Waals surface area (Å²) in [5.74, 6) is 3.52. The van der Waals surface area contributed by atoms with E-state index in [1.54, 1.807) is 0 Å². The van der Waals surface area contributed by atoms with E-state index in [4.69, 9.17) is 14.2 Å². The Bertz CT molecular complexity index is 852. The van der Waals surface area contributed by atoms with Gasteiger partial charge in [-0.25, -0.2) is 4.79 Å². The van der Waals surface area contributed by atoms with E-state index in [1.807, 2.05) is 13.1 Å². The summed E-state index contributed by atoms with van der Waals surface area (Å²) in [5.41, 5.74) is 0.881. The van der Waals surface area contributed by atoms with Gasteiger partial charge in [-0.05, 0) is 48.4 Å². The first-order valence-electron chi connectivity index (χ1n) is 11.7. The maximum absolute atomic E-state index is 12.1. The molecule has 2 saturated carbocycles. The van der Waals surface area contributed by atoms with Gasteiger partial charge in [0.1, 0.15) is 11.2 Å².